The highest BCUT2D eigenvalue weighted by Crippen LogP contribution is 2.47. The van der Waals surface area contributed by atoms with Crippen molar-refractivity contribution in [3.8, 4) is 10.4 Å². The molecule has 2 aromatic carbocycles. The molecular formula is C47H50BrF4N9O2S2. The number of pyridine rings is 1. The molecule has 6 heterocycles. The lowest BCUT2D eigenvalue weighted by Crippen LogP contribution is -2.53. The van der Waals surface area contributed by atoms with Gasteiger partial charge in [-0.25, -0.2) is 24.3 Å². The summed E-state index contributed by atoms with van der Waals surface area (Å²) in [7, 11) is 0. The van der Waals surface area contributed by atoms with Gasteiger partial charge in [0.2, 0.25) is 5.95 Å². The Kier molecular flexibility index (Phi) is 13.6. The van der Waals surface area contributed by atoms with E-state index >= 15 is 0 Å². The minimum Gasteiger partial charge on any atom is -0.368 e. The maximum atomic E-state index is 14.8. The second-order valence-corrected chi connectivity index (χ2v) is 21.2. The van der Waals surface area contributed by atoms with Crippen LogP contribution in [0.25, 0.3) is 15.3 Å². The standard InChI is InChI=1S/C47H50BrF4N9O2S2/c1-26-8-7-18-60(36(26)24-54-38-16-13-32(21-53-38)47(50,51)52)44(63)40-42(65-46(4,5)59-40)31-10-6-9-30(20-31)35-17-19-61(37(27(35)2)25-57-45-55-22-33(48)23-56-45)43(62)39-41(64-28(3)58-39)29-11-14-34(49)15-12-29/h6,9-16,20-23,26-27,35-37,59H,7-8,17-19,24-25H2,1-5H3,(H,53,54)(H,55,56,57). The van der Waals surface area contributed by atoms with Crippen molar-refractivity contribution in [3.63, 3.8) is 0 Å². The van der Waals surface area contributed by atoms with Gasteiger partial charge in [0.1, 0.15) is 23.0 Å². The van der Waals surface area contributed by atoms with E-state index in [1.54, 1.807) is 36.3 Å². The highest BCUT2D eigenvalue weighted by atomic mass is 79.9. The Morgan fingerprint density at radius 3 is 2.32 bits per heavy atom. The van der Waals surface area contributed by atoms with Crippen LogP contribution in [0.4, 0.5) is 29.3 Å². The molecule has 8 rings (SSSR count). The van der Waals surface area contributed by atoms with Gasteiger partial charge in [-0.2, -0.15) is 13.2 Å². The highest BCUT2D eigenvalue weighted by molar-refractivity contribution is 9.10. The largest absolute Gasteiger partial charge is 0.417 e. The molecule has 2 saturated heterocycles. The Morgan fingerprint density at radius 2 is 1.62 bits per heavy atom. The van der Waals surface area contributed by atoms with Gasteiger partial charge in [0.15, 0.2) is 0 Å². The number of carbonyl (C=O) groups is 2. The number of alkyl halides is 3. The fourth-order valence-electron chi connectivity index (χ4n) is 9.17. The number of thioether (sulfide) groups is 1. The Balaban J connectivity index is 1.06. The molecule has 0 aliphatic carbocycles. The van der Waals surface area contributed by atoms with Gasteiger partial charge in [-0.05, 0) is 115 Å². The number of hydrogen-bond acceptors (Lipinski definition) is 11. The van der Waals surface area contributed by atoms with Crippen LogP contribution in [-0.2, 0) is 11.0 Å². The topological polar surface area (TPSA) is 128 Å². The molecule has 0 bridgehead atoms. The minimum atomic E-state index is -4.48. The first kappa shape index (κ1) is 46.5. The monoisotopic (exact) mass is 991 g/mol. The van der Waals surface area contributed by atoms with E-state index in [0.717, 1.165) is 56.2 Å². The van der Waals surface area contributed by atoms with Crippen LogP contribution in [0.15, 0.2) is 89.4 Å². The first-order valence-electron chi connectivity index (χ1n) is 21.6. The van der Waals surface area contributed by atoms with E-state index in [2.05, 4.69) is 72.8 Å². The van der Waals surface area contributed by atoms with Crippen molar-refractivity contribution in [2.24, 2.45) is 11.8 Å². The number of benzene rings is 2. The zero-order chi connectivity index (χ0) is 46.2. The number of piperidine rings is 2. The molecule has 5 atom stereocenters. The molecule has 3 N–H and O–H groups in total. The van der Waals surface area contributed by atoms with Gasteiger partial charge in [-0.3, -0.25) is 9.59 Å². The maximum absolute atomic E-state index is 14.8. The van der Waals surface area contributed by atoms with Crippen molar-refractivity contribution >= 4 is 67.5 Å². The van der Waals surface area contributed by atoms with Crippen LogP contribution in [-0.4, -0.2) is 84.7 Å². The summed E-state index contributed by atoms with van der Waals surface area (Å²) in [6, 6.07) is 16.3. The molecule has 0 spiro atoms. The Labute approximate surface area is 392 Å². The molecule has 0 radical (unpaired) electrons. The number of halogens is 5. The number of rotatable bonds is 11. The summed E-state index contributed by atoms with van der Waals surface area (Å²) < 4.78 is 54.3. The third kappa shape index (κ3) is 10.3. The molecule has 342 valence electrons. The van der Waals surface area contributed by atoms with Crippen LogP contribution < -0.4 is 16.0 Å². The maximum Gasteiger partial charge on any atom is 0.417 e. The van der Waals surface area contributed by atoms with Gasteiger partial charge >= 0.3 is 6.18 Å². The SMILES string of the molecule is Cc1nc(C(=O)N2CCC(c3cccc(C4=C(C(=O)N5CCCC(C)C5CNc5ccc(C(F)(F)F)cn5)NC(C)(C)S4)c3)C(C)C2CNc2ncc(Br)cn2)c(-c2ccc(F)cc2)s1. The van der Waals surface area contributed by atoms with Crippen LogP contribution in [0.1, 0.15) is 85.1 Å². The number of thiazole rings is 1. The summed E-state index contributed by atoms with van der Waals surface area (Å²) in [6.07, 6.45) is 2.08. The fourth-order valence-corrected chi connectivity index (χ4v) is 11.4. The molecule has 18 heteroatoms. The third-order valence-corrected chi connectivity index (χ3v) is 15.2. The first-order valence-corrected chi connectivity index (χ1v) is 24.0. The van der Waals surface area contributed by atoms with Gasteiger partial charge in [-0.15, -0.1) is 11.3 Å². The van der Waals surface area contributed by atoms with Crippen molar-refractivity contribution in [2.45, 2.75) is 82.9 Å². The quantitative estimate of drug-likeness (QED) is 0.110. The molecule has 11 nitrogen and oxygen atoms in total. The van der Waals surface area contributed by atoms with E-state index in [0.29, 0.717) is 60.6 Å². The first-order chi connectivity index (χ1) is 31.0. The van der Waals surface area contributed by atoms with Gasteiger partial charge in [0, 0.05) is 49.7 Å². The Hall–Kier alpha value is -5.07. The van der Waals surface area contributed by atoms with E-state index in [1.165, 1.54) is 29.5 Å². The Morgan fingerprint density at radius 1 is 0.892 bits per heavy atom. The zero-order valence-electron chi connectivity index (χ0n) is 36.5. The van der Waals surface area contributed by atoms with Crippen molar-refractivity contribution in [3.05, 3.63) is 123 Å². The van der Waals surface area contributed by atoms with Gasteiger partial charge in [0.05, 0.1) is 36.9 Å². The zero-order valence-corrected chi connectivity index (χ0v) is 39.8. The molecule has 5 unspecified atom stereocenters. The van der Waals surface area contributed by atoms with Crippen molar-refractivity contribution in [2.75, 3.05) is 36.8 Å². The molecule has 3 aromatic heterocycles. The second kappa shape index (κ2) is 19.0. The molecular weight excluding hydrogens is 943 g/mol. The number of amides is 2. The van der Waals surface area contributed by atoms with Crippen molar-refractivity contribution < 1.29 is 27.2 Å². The molecule has 5 aromatic rings. The normalized spacial score (nSPS) is 22.2. The van der Waals surface area contributed by atoms with Crippen LogP contribution in [0.2, 0.25) is 0 Å². The van der Waals surface area contributed by atoms with Crippen LogP contribution in [0, 0.1) is 24.6 Å². The fraction of sp³-hybridized carbons (Fsp3) is 0.404. The average Bonchev–Trinajstić information content (AvgIpc) is 3.84. The summed E-state index contributed by atoms with van der Waals surface area (Å²) in [4.78, 5) is 51.9. The molecule has 2 fully saturated rings. The number of anilines is 2. The number of nitrogens with zero attached hydrogens (tertiary/aromatic N) is 6. The summed E-state index contributed by atoms with van der Waals surface area (Å²) in [5.74, 6) is 0.185. The van der Waals surface area contributed by atoms with E-state index in [4.69, 9.17) is 4.98 Å². The van der Waals surface area contributed by atoms with Gasteiger partial charge < -0.3 is 25.8 Å². The number of aromatic nitrogens is 4. The lowest BCUT2D eigenvalue weighted by Gasteiger charge is -2.44. The summed E-state index contributed by atoms with van der Waals surface area (Å²) in [6.45, 7) is 11.9. The Bertz CT molecular complexity index is 2560. The van der Waals surface area contributed by atoms with Crippen molar-refractivity contribution in [1.29, 1.82) is 0 Å². The number of likely N-dealkylation sites (tertiary alicyclic amines) is 2. The minimum absolute atomic E-state index is 0.0368. The molecule has 3 aliphatic rings. The molecule has 3 aliphatic heterocycles. The summed E-state index contributed by atoms with van der Waals surface area (Å²) in [5.41, 5.74) is 2.76. The molecule has 2 amide bonds. The van der Waals surface area contributed by atoms with E-state index in [1.807, 2.05) is 42.7 Å². The third-order valence-electron chi connectivity index (χ3n) is 12.5. The van der Waals surface area contributed by atoms with E-state index in [9.17, 15) is 27.2 Å². The van der Waals surface area contributed by atoms with Crippen molar-refractivity contribution in [1.82, 2.24) is 35.1 Å². The second-order valence-electron chi connectivity index (χ2n) is 17.4. The van der Waals surface area contributed by atoms with Crippen LogP contribution in [0.5, 0.6) is 0 Å². The average molecular weight is 993 g/mol. The lowest BCUT2D eigenvalue weighted by molar-refractivity contribution is -0.137. The molecule has 0 saturated carbocycles. The van der Waals surface area contributed by atoms with E-state index in [-0.39, 0.29) is 47.5 Å². The predicted molar refractivity (Wildman–Crippen MR) is 252 cm³/mol. The number of carbonyl (C=O) groups excluding carboxylic acids is 2. The van der Waals surface area contributed by atoms with Gasteiger partial charge in [0.25, 0.3) is 11.8 Å². The van der Waals surface area contributed by atoms with Gasteiger partial charge in [-0.1, -0.05) is 62.0 Å². The van der Waals surface area contributed by atoms with E-state index < -0.39 is 16.6 Å². The summed E-state index contributed by atoms with van der Waals surface area (Å²) >= 11 is 6.41. The number of nitrogens with one attached hydrogen (secondary N) is 3. The van der Waals surface area contributed by atoms with Crippen LogP contribution >= 0.6 is 39.0 Å². The molecule has 65 heavy (non-hydrogen) atoms. The van der Waals surface area contributed by atoms with Crippen LogP contribution in [0.3, 0.4) is 0 Å². The highest BCUT2D eigenvalue weighted by Gasteiger charge is 2.43. The number of hydrogen-bond donors (Lipinski definition) is 3. The predicted octanol–water partition coefficient (Wildman–Crippen LogP) is 10.5. The smallest absolute Gasteiger partial charge is 0.368 e. The summed E-state index contributed by atoms with van der Waals surface area (Å²) in [5, 5.41) is 10.8. The lowest BCUT2D eigenvalue weighted by atomic mass is 9.76. The number of aryl methyl sites for hydroxylation is 1.